The molecule has 1 amide bonds. The number of benzene rings is 4. The smallest absolute Gasteiger partial charge is 0.416 e. The third kappa shape index (κ3) is 7.94. The minimum atomic E-state index is -4.41. The molecule has 4 aromatic carbocycles. The third-order valence-electron chi connectivity index (χ3n) is 7.24. The number of carbonyl (C=O) groups excluding carboxylic acids is 1. The molecule has 0 radical (unpaired) electrons. The lowest BCUT2D eigenvalue weighted by atomic mass is 9.93. The van der Waals surface area contributed by atoms with Gasteiger partial charge in [0.2, 0.25) is 5.91 Å². The normalized spacial score (nSPS) is 15.0. The van der Waals surface area contributed by atoms with E-state index in [0.29, 0.717) is 29.8 Å². The van der Waals surface area contributed by atoms with Gasteiger partial charge in [-0.1, -0.05) is 72.8 Å². The Labute approximate surface area is 253 Å². The number of halogens is 4. The number of ether oxygens (including phenoxy) is 1. The number of fused-ring (bicyclic) bond motifs is 1. The second-order valence-electron chi connectivity index (χ2n) is 10.1. The first-order valence-corrected chi connectivity index (χ1v) is 13.5. The fraction of sp³-hybridized carbons (Fsp3) is 0.212. The van der Waals surface area contributed by atoms with E-state index < -0.39 is 35.7 Å². The summed E-state index contributed by atoms with van der Waals surface area (Å²) >= 11 is 0. The van der Waals surface area contributed by atoms with Gasteiger partial charge in [0.25, 0.3) is 0 Å². The average molecular weight is 611 g/mol. The first kappa shape index (κ1) is 31.6. The number of carboxylic acids is 1. The quantitative estimate of drug-likeness (QED) is 0.205. The summed E-state index contributed by atoms with van der Waals surface area (Å²) in [5.41, 5.74) is 4.27. The van der Waals surface area contributed by atoms with Crippen LogP contribution in [-0.4, -0.2) is 29.6 Å². The number of hydrogen-bond donors (Lipinski definition) is 3. The second-order valence-corrected chi connectivity index (χ2v) is 10.1. The number of hydrogen-bond acceptors (Lipinski definition) is 4. The van der Waals surface area contributed by atoms with Crippen molar-refractivity contribution in [2.45, 2.75) is 37.7 Å². The highest BCUT2D eigenvalue weighted by Gasteiger charge is 2.31. The van der Waals surface area contributed by atoms with Crippen LogP contribution in [0.15, 0.2) is 97.1 Å². The van der Waals surface area contributed by atoms with E-state index in [4.69, 9.17) is 4.74 Å². The zero-order chi connectivity index (χ0) is 29.7. The molecule has 3 N–H and O–H groups in total. The van der Waals surface area contributed by atoms with Crippen LogP contribution in [0.25, 0.3) is 11.1 Å². The summed E-state index contributed by atoms with van der Waals surface area (Å²) in [5, 5.41) is 15.7. The fourth-order valence-corrected chi connectivity index (χ4v) is 4.97. The summed E-state index contributed by atoms with van der Waals surface area (Å²) in [6, 6.07) is 25.5. The standard InChI is InChI=1S/C33H29F3N2O4.ClH/c34-33(35,36)26-13-8-22(9-14-26)20-42-27-15-12-25-16-17-37-30(28(25)19-27)31(39)38-29(32(40)41)18-21-6-10-24(11-7-21)23-4-2-1-3-5-23;/h1-15,19,29-30,37H,16-18,20H2,(H,38,39)(H,40,41);1H/t29-,30?;/m0./s1. The van der Waals surface area contributed by atoms with Gasteiger partial charge in [-0.25, -0.2) is 4.79 Å². The molecule has 4 aromatic rings. The van der Waals surface area contributed by atoms with Gasteiger partial charge in [-0.2, -0.15) is 13.2 Å². The van der Waals surface area contributed by atoms with E-state index in [0.717, 1.165) is 34.4 Å². The minimum absolute atomic E-state index is 0. The summed E-state index contributed by atoms with van der Waals surface area (Å²) in [5.74, 6) is -1.16. The highest BCUT2D eigenvalue weighted by molar-refractivity contribution is 5.88. The van der Waals surface area contributed by atoms with Crippen LogP contribution in [0.4, 0.5) is 13.2 Å². The highest BCUT2D eigenvalue weighted by Crippen LogP contribution is 2.30. The van der Waals surface area contributed by atoms with Crippen molar-refractivity contribution in [3.8, 4) is 16.9 Å². The number of amides is 1. The van der Waals surface area contributed by atoms with E-state index in [-0.39, 0.29) is 25.4 Å². The van der Waals surface area contributed by atoms with E-state index in [1.165, 1.54) is 12.1 Å². The molecule has 2 atom stereocenters. The topological polar surface area (TPSA) is 87.7 Å². The van der Waals surface area contributed by atoms with Crippen LogP contribution < -0.4 is 15.4 Å². The molecule has 0 spiro atoms. The van der Waals surface area contributed by atoms with Gasteiger partial charge in [0, 0.05) is 13.0 Å². The SMILES string of the molecule is Cl.O=C(N[C@@H](Cc1ccc(-c2ccccc2)cc1)C(=O)O)C1NCCc2ccc(OCc3ccc(C(F)(F)F)cc3)cc21. The minimum Gasteiger partial charge on any atom is -0.489 e. The highest BCUT2D eigenvalue weighted by atomic mass is 35.5. The summed E-state index contributed by atoms with van der Waals surface area (Å²) in [7, 11) is 0. The van der Waals surface area contributed by atoms with Crippen LogP contribution in [-0.2, 0) is 35.2 Å². The summed E-state index contributed by atoms with van der Waals surface area (Å²) in [4.78, 5) is 25.4. The largest absolute Gasteiger partial charge is 0.489 e. The van der Waals surface area contributed by atoms with Gasteiger partial charge in [0.15, 0.2) is 0 Å². The Hall–Kier alpha value is -4.34. The average Bonchev–Trinajstić information content (AvgIpc) is 2.99. The maximum absolute atomic E-state index is 13.3. The van der Waals surface area contributed by atoms with Gasteiger partial charge in [-0.15, -0.1) is 12.4 Å². The van der Waals surface area contributed by atoms with E-state index in [1.54, 1.807) is 12.1 Å². The zero-order valence-corrected chi connectivity index (χ0v) is 23.8. The maximum atomic E-state index is 13.3. The van der Waals surface area contributed by atoms with E-state index in [2.05, 4.69) is 10.6 Å². The molecule has 1 unspecified atom stereocenters. The van der Waals surface area contributed by atoms with Gasteiger partial charge >= 0.3 is 12.1 Å². The van der Waals surface area contributed by atoms with Crippen LogP contribution in [0.3, 0.4) is 0 Å². The van der Waals surface area contributed by atoms with Crippen LogP contribution in [0.1, 0.15) is 33.9 Å². The maximum Gasteiger partial charge on any atom is 0.416 e. The molecule has 1 aliphatic rings. The molecule has 0 aromatic heterocycles. The molecule has 0 bridgehead atoms. The second kappa shape index (κ2) is 13.8. The predicted molar refractivity (Wildman–Crippen MR) is 159 cm³/mol. The molecule has 224 valence electrons. The van der Waals surface area contributed by atoms with Crippen molar-refractivity contribution in [1.82, 2.24) is 10.6 Å². The molecule has 0 aliphatic carbocycles. The monoisotopic (exact) mass is 610 g/mol. The van der Waals surface area contributed by atoms with Crippen LogP contribution in [0, 0.1) is 0 Å². The molecule has 0 fully saturated rings. The van der Waals surface area contributed by atoms with E-state index >= 15 is 0 Å². The number of nitrogens with one attached hydrogen (secondary N) is 2. The van der Waals surface area contributed by atoms with E-state index in [1.807, 2.05) is 60.7 Å². The van der Waals surface area contributed by atoms with Gasteiger partial charge in [-0.05, 0) is 64.1 Å². The van der Waals surface area contributed by atoms with Crippen molar-refractivity contribution in [3.63, 3.8) is 0 Å². The lowest BCUT2D eigenvalue weighted by molar-refractivity contribution is -0.142. The summed E-state index contributed by atoms with van der Waals surface area (Å²) in [6.45, 7) is 0.584. The number of aliphatic carboxylic acids is 1. The first-order chi connectivity index (χ1) is 20.2. The lowest BCUT2D eigenvalue weighted by Crippen LogP contribution is -2.48. The molecule has 1 heterocycles. The van der Waals surface area contributed by atoms with Crippen molar-refractivity contribution >= 4 is 24.3 Å². The fourth-order valence-electron chi connectivity index (χ4n) is 4.97. The molecule has 6 nitrogen and oxygen atoms in total. The Morgan fingerprint density at radius 3 is 2.21 bits per heavy atom. The lowest BCUT2D eigenvalue weighted by Gasteiger charge is -2.28. The summed E-state index contributed by atoms with van der Waals surface area (Å²) in [6.07, 6.45) is -3.62. The molecule has 43 heavy (non-hydrogen) atoms. The van der Waals surface area contributed by atoms with E-state index in [9.17, 15) is 27.9 Å². The predicted octanol–water partition coefficient (Wildman–Crippen LogP) is 6.37. The van der Waals surface area contributed by atoms with Crippen molar-refractivity contribution in [1.29, 1.82) is 0 Å². The number of carbonyl (C=O) groups is 2. The Balaban J connectivity index is 0.00000423. The van der Waals surface area contributed by atoms with Crippen molar-refractivity contribution in [2.24, 2.45) is 0 Å². The van der Waals surface area contributed by atoms with Gasteiger partial charge in [0.05, 0.1) is 5.56 Å². The Morgan fingerprint density at radius 1 is 0.907 bits per heavy atom. The number of alkyl halides is 3. The molecule has 10 heteroatoms. The van der Waals surface area contributed by atoms with Crippen molar-refractivity contribution < 1.29 is 32.6 Å². The molecular weight excluding hydrogens is 581 g/mol. The Kier molecular flexibility index (Phi) is 10.1. The number of rotatable bonds is 9. The molecule has 0 saturated heterocycles. The first-order valence-electron chi connectivity index (χ1n) is 13.5. The molecule has 5 rings (SSSR count). The van der Waals surface area contributed by atoms with Gasteiger partial charge < -0.3 is 20.5 Å². The van der Waals surface area contributed by atoms with Crippen LogP contribution in [0.5, 0.6) is 5.75 Å². The van der Waals surface area contributed by atoms with Crippen LogP contribution in [0.2, 0.25) is 0 Å². The van der Waals surface area contributed by atoms with Crippen LogP contribution >= 0.6 is 12.4 Å². The molecule has 1 aliphatic heterocycles. The zero-order valence-electron chi connectivity index (χ0n) is 22.9. The van der Waals surface area contributed by atoms with Gasteiger partial charge in [0.1, 0.15) is 24.4 Å². The van der Waals surface area contributed by atoms with Crippen molar-refractivity contribution in [3.05, 3.63) is 125 Å². The Bertz CT molecular complexity index is 1550. The molecule has 0 saturated carbocycles. The van der Waals surface area contributed by atoms with Crippen molar-refractivity contribution in [2.75, 3.05) is 6.54 Å². The molecular formula is C33H30ClF3N2O4. The Morgan fingerprint density at radius 2 is 1.56 bits per heavy atom. The number of carboxylic acid groups (broad SMARTS) is 1. The third-order valence-corrected chi connectivity index (χ3v) is 7.24. The van der Waals surface area contributed by atoms with Gasteiger partial charge in [-0.3, -0.25) is 4.79 Å². The summed E-state index contributed by atoms with van der Waals surface area (Å²) < 4.78 is 44.3.